The number of rotatable bonds is 6. The summed E-state index contributed by atoms with van der Waals surface area (Å²) < 4.78 is 16.7. The van der Waals surface area contributed by atoms with Crippen LogP contribution in [0.15, 0.2) is 39.7 Å². The summed E-state index contributed by atoms with van der Waals surface area (Å²) in [5.74, 6) is 1.64. The van der Waals surface area contributed by atoms with Crippen molar-refractivity contribution in [1.29, 1.82) is 0 Å². The first-order valence-electron chi connectivity index (χ1n) is 8.16. The third-order valence-corrected chi connectivity index (χ3v) is 5.79. The second kappa shape index (κ2) is 8.98. The molecule has 0 saturated carbocycles. The number of nitrogens with one attached hydrogen (secondary N) is 2. The molecule has 2 aromatic carbocycles. The third kappa shape index (κ3) is 4.51. The molecule has 3 rings (SSSR count). The van der Waals surface area contributed by atoms with Crippen molar-refractivity contribution in [2.24, 2.45) is 0 Å². The quantitative estimate of drug-likeness (QED) is 0.577. The van der Waals surface area contributed by atoms with Crippen LogP contribution >= 0.6 is 39.3 Å². The van der Waals surface area contributed by atoms with E-state index in [9.17, 15) is 4.79 Å². The summed E-state index contributed by atoms with van der Waals surface area (Å²) in [6, 6.07) is 8.94. The maximum Gasteiger partial charge on any atom is 0.260 e. The zero-order valence-electron chi connectivity index (χ0n) is 15.3. The van der Waals surface area contributed by atoms with Gasteiger partial charge in [0, 0.05) is 5.02 Å². The van der Waals surface area contributed by atoms with Crippen molar-refractivity contribution in [3.05, 3.63) is 50.3 Å². The first-order valence-corrected chi connectivity index (χ1v) is 10.2. The summed E-state index contributed by atoms with van der Waals surface area (Å²) in [5.41, 5.74) is 1.15. The fourth-order valence-electron chi connectivity index (χ4n) is 2.67. The molecule has 1 saturated heterocycles. The van der Waals surface area contributed by atoms with Gasteiger partial charge in [-0.15, -0.1) is 0 Å². The standard InChI is InChI=1S/C19H18BrClN2O4S/c1-25-14-5-4-11(21)9-13(14)22-19-23-18(24)16(28-19)8-10-6-12(20)17(27-3)15(7-10)26-2/h4-9,19,22H,1-3H3,(H,23,24)/b16-8-. The highest BCUT2D eigenvalue weighted by Crippen LogP contribution is 2.39. The van der Waals surface area contributed by atoms with Crippen molar-refractivity contribution < 1.29 is 19.0 Å². The molecule has 9 heteroatoms. The van der Waals surface area contributed by atoms with Crippen LogP contribution in [-0.4, -0.2) is 32.7 Å². The van der Waals surface area contributed by atoms with Crippen molar-refractivity contribution in [3.63, 3.8) is 0 Å². The number of anilines is 1. The second-order valence-electron chi connectivity index (χ2n) is 5.71. The normalized spacial score (nSPS) is 17.4. The highest BCUT2D eigenvalue weighted by atomic mass is 79.9. The largest absolute Gasteiger partial charge is 0.495 e. The lowest BCUT2D eigenvalue weighted by molar-refractivity contribution is -0.116. The Bertz CT molecular complexity index is 938. The van der Waals surface area contributed by atoms with E-state index in [1.54, 1.807) is 45.6 Å². The second-order valence-corrected chi connectivity index (χ2v) is 8.14. The topological polar surface area (TPSA) is 68.8 Å². The van der Waals surface area contributed by atoms with E-state index in [-0.39, 0.29) is 11.4 Å². The highest BCUT2D eigenvalue weighted by molar-refractivity contribution is 9.10. The van der Waals surface area contributed by atoms with Crippen LogP contribution in [0.4, 0.5) is 5.69 Å². The van der Waals surface area contributed by atoms with E-state index >= 15 is 0 Å². The van der Waals surface area contributed by atoms with E-state index in [0.29, 0.717) is 32.9 Å². The molecule has 0 radical (unpaired) electrons. The van der Waals surface area contributed by atoms with Crippen molar-refractivity contribution in [3.8, 4) is 17.2 Å². The van der Waals surface area contributed by atoms with Gasteiger partial charge in [0.25, 0.3) is 5.91 Å². The van der Waals surface area contributed by atoms with Gasteiger partial charge in [-0.25, -0.2) is 0 Å². The van der Waals surface area contributed by atoms with Gasteiger partial charge in [-0.05, 0) is 57.9 Å². The van der Waals surface area contributed by atoms with Crippen molar-refractivity contribution in [1.82, 2.24) is 5.32 Å². The molecule has 2 aromatic rings. The molecular formula is C19H18BrClN2O4S. The molecule has 1 atom stereocenters. The predicted molar refractivity (Wildman–Crippen MR) is 116 cm³/mol. The van der Waals surface area contributed by atoms with E-state index in [4.69, 9.17) is 25.8 Å². The summed E-state index contributed by atoms with van der Waals surface area (Å²) in [6.07, 6.45) is 1.80. The van der Waals surface area contributed by atoms with Gasteiger partial charge in [0.1, 0.15) is 5.75 Å². The van der Waals surface area contributed by atoms with E-state index < -0.39 is 0 Å². The Morgan fingerprint density at radius 1 is 1.14 bits per heavy atom. The van der Waals surface area contributed by atoms with Crippen LogP contribution in [0.25, 0.3) is 6.08 Å². The van der Waals surface area contributed by atoms with Gasteiger partial charge in [0.15, 0.2) is 17.0 Å². The molecule has 148 valence electrons. The third-order valence-electron chi connectivity index (χ3n) is 3.93. The summed E-state index contributed by atoms with van der Waals surface area (Å²) in [7, 11) is 4.72. The minimum Gasteiger partial charge on any atom is -0.495 e. The monoisotopic (exact) mass is 484 g/mol. The van der Waals surface area contributed by atoms with Gasteiger partial charge in [-0.3, -0.25) is 4.79 Å². The molecule has 6 nitrogen and oxygen atoms in total. The molecule has 0 bridgehead atoms. The Hall–Kier alpha value is -2.03. The predicted octanol–water partition coefficient (Wildman–Crippen LogP) is 4.73. The Morgan fingerprint density at radius 3 is 2.57 bits per heavy atom. The van der Waals surface area contributed by atoms with Crippen molar-refractivity contribution in [2.45, 2.75) is 5.50 Å². The summed E-state index contributed by atoms with van der Waals surface area (Å²) in [4.78, 5) is 13.0. The van der Waals surface area contributed by atoms with Gasteiger partial charge in [-0.2, -0.15) is 0 Å². The SMILES string of the molecule is COc1ccc(Cl)cc1NC1NC(=O)/C(=C/c2cc(Br)c(OC)c(OC)c2)S1. The number of thioether (sulfide) groups is 1. The number of carbonyl (C=O) groups is 1. The molecule has 1 aliphatic heterocycles. The number of ether oxygens (including phenoxy) is 3. The lowest BCUT2D eigenvalue weighted by Gasteiger charge is -2.15. The lowest BCUT2D eigenvalue weighted by Crippen LogP contribution is -2.31. The Balaban J connectivity index is 1.82. The number of halogens is 2. The first-order chi connectivity index (χ1) is 13.4. The Labute approximate surface area is 180 Å². The Kier molecular flexibility index (Phi) is 6.64. The summed E-state index contributed by atoms with van der Waals surface area (Å²) in [6.45, 7) is 0. The number of hydrogen-bond acceptors (Lipinski definition) is 6. The lowest BCUT2D eigenvalue weighted by atomic mass is 10.2. The van der Waals surface area contributed by atoms with Gasteiger partial charge in [0.05, 0.1) is 36.4 Å². The van der Waals surface area contributed by atoms with Crippen LogP contribution in [0, 0.1) is 0 Å². The molecule has 1 fully saturated rings. The van der Waals surface area contributed by atoms with Gasteiger partial charge in [-0.1, -0.05) is 23.4 Å². The van der Waals surface area contributed by atoms with Gasteiger partial charge in [0.2, 0.25) is 0 Å². The molecule has 1 heterocycles. The van der Waals surface area contributed by atoms with Crippen LogP contribution < -0.4 is 24.8 Å². The maximum absolute atomic E-state index is 12.4. The maximum atomic E-state index is 12.4. The van der Waals surface area contributed by atoms with E-state index in [1.165, 1.54) is 11.8 Å². The van der Waals surface area contributed by atoms with E-state index in [2.05, 4.69) is 26.6 Å². The van der Waals surface area contributed by atoms with E-state index in [1.807, 2.05) is 12.1 Å². The van der Waals surface area contributed by atoms with Crippen LogP contribution in [0.1, 0.15) is 5.56 Å². The first kappa shape index (κ1) is 20.7. The smallest absolute Gasteiger partial charge is 0.260 e. The zero-order chi connectivity index (χ0) is 20.3. The summed E-state index contributed by atoms with van der Waals surface area (Å²) >= 11 is 10.9. The molecule has 1 aliphatic rings. The highest BCUT2D eigenvalue weighted by Gasteiger charge is 2.28. The van der Waals surface area contributed by atoms with Crippen LogP contribution in [0.3, 0.4) is 0 Å². The average molecular weight is 486 g/mol. The minimum atomic E-state index is -0.352. The fourth-order valence-corrected chi connectivity index (χ4v) is 4.44. The minimum absolute atomic E-state index is 0.172. The molecule has 1 amide bonds. The fraction of sp³-hybridized carbons (Fsp3) is 0.211. The van der Waals surface area contributed by atoms with Crippen LogP contribution in [-0.2, 0) is 4.79 Å². The number of benzene rings is 2. The number of carbonyl (C=O) groups excluding carboxylic acids is 1. The Morgan fingerprint density at radius 2 is 1.89 bits per heavy atom. The molecule has 0 spiro atoms. The molecule has 1 unspecified atom stereocenters. The summed E-state index contributed by atoms with van der Waals surface area (Å²) in [5, 5.41) is 6.69. The molecule has 0 aliphatic carbocycles. The van der Waals surface area contributed by atoms with Crippen LogP contribution in [0.5, 0.6) is 17.2 Å². The molecule has 2 N–H and O–H groups in total. The average Bonchev–Trinajstić information content (AvgIpc) is 3.00. The number of methoxy groups -OCH3 is 3. The van der Waals surface area contributed by atoms with E-state index in [0.717, 1.165) is 10.0 Å². The van der Waals surface area contributed by atoms with Crippen molar-refractivity contribution >= 4 is 57.0 Å². The van der Waals surface area contributed by atoms with Crippen molar-refractivity contribution in [2.75, 3.05) is 26.6 Å². The zero-order valence-corrected chi connectivity index (χ0v) is 18.5. The molecular weight excluding hydrogens is 468 g/mol. The van der Waals surface area contributed by atoms with Crippen LogP contribution in [0.2, 0.25) is 5.02 Å². The molecule has 0 aromatic heterocycles. The number of hydrogen-bond donors (Lipinski definition) is 2. The molecule has 28 heavy (non-hydrogen) atoms. The van der Waals surface area contributed by atoms with Gasteiger partial charge >= 0.3 is 0 Å². The van der Waals surface area contributed by atoms with Gasteiger partial charge < -0.3 is 24.8 Å². The number of amides is 1.